The van der Waals surface area contributed by atoms with Crippen LogP contribution in [-0.2, 0) is 22.4 Å². The maximum Gasteiger partial charge on any atom is 0.414 e. The number of nitrogens with one attached hydrogen (secondary N) is 1. The summed E-state index contributed by atoms with van der Waals surface area (Å²) in [7, 11) is 0. The summed E-state index contributed by atoms with van der Waals surface area (Å²) in [6.45, 7) is 2.17. The third kappa shape index (κ3) is 3.42. The molecule has 3 N–H and O–H groups in total. The summed E-state index contributed by atoms with van der Waals surface area (Å²) >= 11 is 0. The molecule has 140 valence electrons. The van der Waals surface area contributed by atoms with Crippen molar-refractivity contribution in [2.75, 3.05) is 23.7 Å². The van der Waals surface area contributed by atoms with Crippen LogP contribution in [0.3, 0.4) is 0 Å². The van der Waals surface area contributed by atoms with Gasteiger partial charge in [0.2, 0.25) is 11.9 Å². The summed E-state index contributed by atoms with van der Waals surface area (Å²) in [5.41, 5.74) is 10.7. The maximum atomic E-state index is 12.3. The van der Waals surface area contributed by atoms with Gasteiger partial charge in [0.25, 0.3) is 0 Å². The van der Waals surface area contributed by atoms with Crippen LogP contribution in [-0.4, -0.2) is 41.2 Å². The molecule has 4 rings (SSSR count). The maximum absolute atomic E-state index is 12.3. The number of anilines is 2. The molecule has 1 atom stereocenters. The zero-order valence-electron chi connectivity index (χ0n) is 15.1. The number of aromatic nitrogens is 2. The molecule has 2 amide bonds. The number of carbonyl (C=O) groups excluding carboxylic acids is 2. The largest absolute Gasteiger partial charge is 0.442 e. The van der Waals surface area contributed by atoms with Gasteiger partial charge in [0.1, 0.15) is 6.10 Å². The van der Waals surface area contributed by atoms with Gasteiger partial charge in [0.05, 0.1) is 18.8 Å². The van der Waals surface area contributed by atoms with E-state index in [-0.39, 0.29) is 12.0 Å². The van der Waals surface area contributed by atoms with E-state index in [1.807, 2.05) is 18.2 Å². The van der Waals surface area contributed by atoms with Crippen LogP contribution in [0.15, 0.2) is 24.4 Å². The molecule has 1 fully saturated rings. The molecule has 0 radical (unpaired) electrons. The van der Waals surface area contributed by atoms with Crippen molar-refractivity contribution in [1.29, 1.82) is 0 Å². The fraction of sp³-hybridized carbons (Fsp3) is 0.368. The second-order valence-electron chi connectivity index (χ2n) is 6.84. The van der Waals surface area contributed by atoms with Crippen LogP contribution in [0.5, 0.6) is 0 Å². The Balaban J connectivity index is 1.60. The van der Waals surface area contributed by atoms with Crippen LogP contribution in [0.1, 0.15) is 24.6 Å². The third-order valence-corrected chi connectivity index (χ3v) is 4.89. The summed E-state index contributed by atoms with van der Waals surface area (Å²) in [4.78, 5) is 33.4. The zero-order valence-corrected chi connectivity index (χ0v) is 15.1. The number of nitrogen functional groups attached to an aromatic ring is 1. The highest BCUT2D eigenvalue weighted by Gasteiger charge is 2.32. The summed E-state index contributed by atoms with van der Waals surface area (Å²) in [6, 6.07) is 5.94. The van der Waals surface area contributed by atoms with Gasteiger partial charge < -0.3 is 15.8 Å². The predicted molar refractivity (Wildman–Crippen MR) is 100 cm³/mol. The topological polar surface area (TPSA) is 110 Å². The quantitative estimate of drug-likeness (QED) is 0.854. The smallest absolute Gasteiger partial charge is 0.414 e. The summed E-state index contributed by atoms with van der Waals surface area (Å²) < 4.78 is 5.36. The van der Waals surface area contributed by atoms with E-state index in [1.54, 1.807) is 11.1 Å². The molecule has 27 heavy (non-hydrogen) atoms. The molecule has 0 bridgehead atoms. The van der Waals surface area contributed by atoms with Crippen molar-refractivity contribution in [3.63, 3.8) is 0 Å². The number of cyclic esters (lactones) is 1. The number of aryl methyl sites for hydroxylation is 2. The highest BCUT2D eigenvalue weighted by molar-refractivity contribution is 5.90. The lowest BCUT2D eigenvalue weighted by Gasteiger charge is -2.16. The van der Waals surface area contributed by atoms with Crippen molar-refractivity contribution in [1.82, 2.24) is 15.3 Å². The Hall–Kier alpha value is -3.16. The van der Waals surface area contributed by atoms with Crippen LogP contribution in [0.4, 0.5) is 16.4 Å². The van der Waals surface area contributed by atoms with Crippen LogP contribution in [0.25, 0.3) is 11.1 Å². The van der Waals surface area contributed by atoms with Gasteiger partial charge in [-0.3, -0.25) is 9.69 Å². The molecular weight excluding hydrogens is 346 g/mol. The predicted octanol–water partition coefficient (Wildman–Crippen LogP) is 1.68. The minimum atomic E-state index is -0.393. The molecule has 8 heteroatoms. The molecule has 1 aliphatic carbocycles. The van der Waals surface area contributed by atoms with E-state index in [1.165, 1.54) is 6.92 Å². The first-order chi connectivity index (χ1) is 13.0. The molecule has 2 heterocycles. The number of amides is 2. The van der Waals surface area contributed by atoms with Crippen molar-refractivity contribution in [2.45, 2.75) is 32.3 Å². The number of rotatable bonds is 3. The molecule has 2 aliphatic rings. The first kappa shape index (κ1) is 17.3. The number of nitrogens with zero attached hydrogens (tertiary/aromatic N) is 3. The first-order valence-corrected chi connectivity index (χ1v) is 8.98. The van der Waals surface area contributed by atoms with Crippen molar-refractivity contribution >= 4 is 23.6 Å². The van der Waals surface area contributed by atoms with Crippen LogP contribution in [0, 0.1) is 0 Å². The molecule has 1 aromatic carbocycles. The monoisotopic (exact) mass is 367 g/mol. The normalized spacial score (nSPS) is 18.3. The van der Waals surface area contributed by atoms with Crippen LogP contribution < -0.4 is 16.0 Å². The van der Waals surface area contributed by atoms with E-state index < -0.39 is 6.09 Å². The molecule has 0 unspecified atom stereocenters. The van der Waals surface area contributed by atoms with Gasteiger partial charge in [-0.1, -0.05) is 6.07 Å². The Bertz CT molecular complexity index is 914. The molecule has 2 aromatic rings. The average molecular weight is 367 g/mol. The number of benzene rings is 1. The number of hydrogen-bond donors (Lipinski definition) is 2. The zero-order chi connectivity index (χ0) is 19.0. The van der Waals surface area contributed by atoms with Gasteiger partial charge >= 0.3 is 6.09 Å². The minimum absolute atomic E-state index is 0.143. The van der Waals surface area contributed by atoms with E-state index in [0.717, 1.165) is 47.3 Å². The summed E-state index contributed by atoms with van der Waals surface area (Å²) in [5.74, 6) is 0.148. The molecule has 0 spiro atoms. The van der Waals surface area contributed by atoms with E-state index in [2.05, 4.69) is 15.3 Å². The molecule has 0 saturated carbocycles. The van der Waals surface area contributed by atoms with Gasteiger partial charge in [-0.2, -0.15) is 0 Å². The Morgan fingerprint density at radius 2 is 2.22 bits per heavy atom. The standard InChI is InChI=1S/C19H21N5O3/c1-11(25)21-8-14-10-24(19(26)27-14)13-5-6-15-12(7-13)3-2-4-17-16(15)9-22-18(20)23-17/h5-7,9,14H,2-4,8,10H2,1H3,(H,21,25)(H2,20,22,23)/t14-/m0/s1. The number of fused-ring (bicyclic) bond motifs is 3. The molecule has 8 nitrogen and oxygen atoms in total. The van der Waals surface area contributed by atoms with Crippen LogP contribution in [0.2, 0.25) is 0 Å². The lowest BCUT2D eigenvalue weighted by Crippen LogP contribution is -2.33. The Morgan fingerprint density at radius 3 is 3.04 bits per heavy atom. The third-order valence-electron chi connectivity index (χ3n) is 4.89. The van der Waals surface area contributed by atoms with Crippen molar-refractivity contribution in [2.24, 2.45) is 0 Å². The summed E-state index contributed by atoms with van der Waals surface area (Å²) in [6.07, 6.45) is 3.71. The number of ether oxygens (including phenoxy) is 1. The van der Waals surface area contributed by atoms with Gasteiger partial charge in [-0.15, -0.1) is 0 Å². The minimum Gasteiger partial charge on any atom is -0.442 e. The van der Waals surface area contributed by atoms with Crippen LogP contribution >= 0.6 is 0 Å². The molecule has 1 saturated heterocycles. The average Bonchev–Trinajstić information content (AvgIpc) is 2.91. The van der Waals surface area contributed by atoms with E-state index in [4.69, 9.17) is 10.5 Å². The fourth-order valence-corrected chi connectivity index (χ4v) is 3.61. The van der Waals surface area contributed by atoms with Gasteiger partial charge in [-0.25, -0.2) is 14.8 Å². The number of carbonyl (C=O) groups is 2. The molecule has 1 aliphatic heterocycles. The van der Waals surface area contributed by atoms with E-state index >= 15 is 0 Å². The summed E-state index contributed by atoms with van der Waals surface area (Å²) in [5, 5.41) is 2.69. The van der Waals surface area contributed by atoms with E-state index in [0.29, 0.717) is 19.0 Å². The fourth-order valence-electron chi connectivity index (χ4n) is 3.61. The second kappa shape index (κ2) is 6.86. The lowest BCUT2D eigenvalue weighted by atomic mass is 9.99. The van der Waals surface area contributed by atoms with E-state index in [9.17, 15) is 9.59 Å². The first-order valence-electron chi connectivity index (χ1n) is 8.98. The molecule has 1 aromatic heterocycles. The highest BCUT2D eigenvalue weighted by atomic mass is 16.6. The van der Waals surface area contributed by atoms with Crippen molar-refractivity contribution < 1.29 is 14.3 Å². The van der Waals surface area contributed by atoms with Gasteiger partial charge in [0.15, 0.2) is 0 Å². The Morgan fingerprint density at radius 1 is 1.37 bits per heavy atom. The lowest BCUT2D eigenvalue weighted by molar-refractivity contribution is -0.119. The van der Waals surface area contributed by atoms with Gasteiger partial charge in [0, 0.05) is 24.4 Å². The van der Waals surface area contributed by atoms with Crippen molar-refractivity contribution in [3.05, 3.63) is 35.7 Å². The number of nitrogens with two attached hydrogens (primary N) is 1. The number of hydrogen-bond acceptors (Lipinski definition) is 6. The van der Waals surface area contributed by atoms with Crippen molar-refractivity contribution in [3.8, 4) is 11.1 Å². The van der Waals surface area contributed by atoms with Gasteiger partial charge in [-0.05, 0) is 42.5 Å². The Kier molecular flexibility index (Phi) is 4.39. The SMILES string of the molecule is CC(=O)NC[C@H]1CN(c2ccc3c(c2)CCCc2nc(N)ncc2-3)C(=O)O1. The second-order valence-corrected chi connectivity index (χ2v) is 6.84. The molecular formula is C19H21N5O3. The highest BCUT2D eigenvalue weighted by Crippen LogP contribution is 2.34. The Labute approximate surface area is 156 Å².